The van der Waals surface area contributed by atoms with Crippen LogP contribution in [0.15, 0.2) is 206 Å². The zero-order chi connectivity index (χ0) is 37.0. The molecule has 56 heavy (non-hydrogen) atoms. The maximum Gasteiger partial charge on any atom is 0.0561 e. The van der Waals surface area contributed by atoms with E-state index in [2.05, 4.69) is 215 Å². The molecular formula is C54H38N2. The second-order valence-electron chi connectivity index (χ2n) is 14.9. The van der Waals surface area contributed by atoms with Gasteiger partial charge in [0.25, 0.3) is 0 Å². The number of rotatable bonds is 6. The highest BCUT2D eigenvalue weighted by Crippen LogP contribution is 2.38. The lowest BCUT2D eigenvalue weighted by atomic mass is 9.94. The summed E-state index contributed by atoms with van der Waals surface area (Å²) in [6, 6.07) is 69.0. The van der Waals surface area contributed by atoms with Crippen LogP contribution in [0.1, 0.15) is 18.4 Å². The van der Waals surface area contributed by atoms with Gasteiger partial charge in [0.15, 0.2) is 0 Å². The van der Waals surface area contributed by atoms with Crippen LogP contribution in [-0.2, 0) is 0 Å². The smallest absolute Gasteiger partial charge is 0.0561 e. The Morgan fingerprint density at radius 2 is 0.768 bits per heavy atom. The Labute approximate surface area is 326 Å². The van der Waals surface area contributed by atoms with Crippen LogP contribution in [0.5, 0.6) is 0 Å². The summed E-state index contributed by atoms with van der Waals surface area (Å²) >= 11 is 0. The van der Waals surface area contributed by atoms with Gasteiger partial charge in [0.05, 0.1) is 22.1 Å². The fourth-order valence-electron chi connectivity index (χ4n) is 8.84. The number of fused-ring (bicyclic) bond motifs is 6. The molecule has 0 spiro atoms. The van der Waals surface area contributed by atoms with Crippen molar-refractivity contribution in [1.82, 2.24) is 9.13 Å². The van der Waals surface area contributed by atoms with Crippen molar-refractivity contribution >= 4 is 49.2 Å². The van der Waals surface area contributed by atoms with Crippen LogP contribution in [0.3, 0.4) is 0 Å². The van der Waals surface area contributed by atoms with E-state index in [1.54, 1.807) is 0 Å². The Hall–Kier alpha value is -7.16. The average molecular weight is 715 g/mol. The first-order valence-corrected chi connectivity index (χ1v) is 19.6. The van der Waals surface area contributed by atoms with Crippen molar-refractivity contribution in [2.24, 2.45) is 0 Å². The van der Waals surface area contributed by atoms with Crippen LogP contribution < -0.4 is 0 Å². The van der Waals surface area contributed by atoms with Crippen molar-refractivity contribution in [2.75, 3.05) is 0 Å². The van der Waals surface area contributed by atoms with Gasteiger partial charge in [-0.2, -0.15) is 0 Å². The van der Waals surface area contributed by atoms with Crippen molar-refractivity contribution < 1.29 is 0 Å². The number of hydrogen-bond acceptors (Lipinski definition) is 0. The monoisotopic (exact) mass is 714 g/mol. The molecule has 0 unspecified atom stereocenters. The Morgan fingerprint density at radius 1 is 0.304 bits per heavy atom. The van der Waals surface area contributed by atoms with Gasteiger partial charge in [0.2, 0.25) is 0 Å². The SMILES string of the molecule is C1=CC(c2cccc(-c3cccc(-c4ccc(-c5cccc(-n6c7ccccc7c7ccc(-n8c9ccccc9c9ccccc98)cc76)c5)cc4)c3)c2)=CCC1. The fraction of sp³-hybridized carbons (Fsp3) is 0.0370. The van der Waals surface area contributed by atoms with Crippen LogP contribution in [-0.4, -0.2) is 9.13 Å². The molecule has 0 fully saturated rings. The lowest BCUT2D eigenvalue weighted by molar-refractivity contribution is 1.04. The number of hydrogen-bond donors (Lipinski definition) is 0. The Kier molecular flexibility index (Phi) is 7.67. The van der Waals surface area contributed by atoms with E-state index in [1.807, 2.05) is 0 Å². The molecule has 0 radical (unpaired) electrons. The highest BCUT2D eigenvalue weighted by atomic mass is 15.0. The number of nitrogens with zero attached hydrogens (tertiary/aromatic N) is 2. The molecule has 2 heteroatoms. The van der Waals surface area contributed by atoms with Gasteiger partial charge in [-0.1, -0.05) is 152 Å². The van der Waals surface area contributed by atoms with Gasteiger partial charge in [-0.25, -0.2) is 0 Å². The lowest BCUT2D eigenvalue weighted by Gasteiger charge is -2.13. The summed E-state index contributed by atoms with van der Waals surface area (Å²) in [5.74, 6) is 0. The van der Waals surface area contributed by atoms with E-state index < -0.39 is 0 Å². The van der Waals surface area contributed by atoms with Crippen molar-refractivity contribution in [3.05, 3.63) is 212 Å². The summed E-state index contributed by atoms with van der Waals surface area (Å²) in [6.07, 6.45) is 9.11. The zero-order valence-electron chi connectivity index (χ0n) is 30.9. The van der Waals surface area contributed by atoms with E-state index in [-0.39, 0.29) is 0 Å². The minimum atomic E-state index is 1.11. The molecule has 0 N–H and O–H groups in total. The molecule has 11 rings (SSSR count). The van der Waals surface area contributed by atoms with Crippen molar-refractivity contribution in [3.8, 4) is 44.8 Å². The summed E-state index contributed by atoms with van der Waals surface area (Å²) in [7, 11) is 0. The Morgan fingerprint density at radius 3 is 1.36 bits per heavy atom. The van der Waals surface area contributed by atoms with Gasteiger partial charge in [0.1, 0.15) is 0 Å². The van der Waals surface area contributed by atoms with Gasteiger partial charge >= 0.3 is 0 Å². The molecule has 2 heterocycles. The van der Waals surface area contributed by atoms with E-state index in [1.165, 1.54) is 88.1 Å². The summed E-state index contributed by atoms with van der Waals surface area (Å²) in [6.45, 7) is 0. The minimum absolute atomic E-state index is 1.11. The standard InChI is InChI=1S/C54H38N2/c1-2-13-37(14-3-1)40-15-10-17-42(33-40)43-18-11-16-41(34-43)38-27-29-39(30-28-38)44-19-12-20-45(35-44)56-53-26-9-6-23-49(53)50-32-31-46(36-54(50)56)55-51-24-7-4-21-47(51)48-22-5-8-25-52(48)55/h2,4-36H,1,3H2. The Bertz CT molecular complexity index is 3130. The second-order valence-corrected chi connectivity index (χ2v) is 14.9. The second kappa shape index (κ2) is 13.3. The largest absolute Gasteiger partial charge is 0.309 e. The van der Waals surface area contributed by atoms with Gasteiger partial charge in [-0.05, 0) is 112 Å². The van der Waals surface area contributed by atoms with Gasteiger partial charge in [-0.3, -0.25) is 0 Å². The van der Waals surface area contributed by atoms with Gasteiger partial charge < -0.3 is 9.13 Å². The molecular weight excluding hydrogens is 677 g/mol. The van der Waals surface area contributed by atoms with Crippen LogP contribution in [0.2, 0.25) is 0 Å². The highest BCUT2D eigenvalue weighted by Gasteiger charge is 2.17. The number of para-hydroxylation sites is 3. The zero-order valence-corrected chi connectivity index (χ0v) is 30.9. The quantitative estimate of drug-likeness (QED) is 0.162. The topological polar surface area (TPSA) is 9.86 Å². The van der Waals surface area contributed by atoms with E-state index in [0.717, 1.165) is 24.2 Å². The summed E-state index contributed by atoms with van der Waals surface area (Å²) in [4.78, 5) is 0. The summed E-state index contributed by atoms with van der Waals surface area (Å²) < 4.78 is 4.84. The predicted octanol–water partition coefficient (Wildman–Crippen LogP) is 14.6. The number of aromatic nitrogens is 2. The van der Waals surface area contributed by atoms with Crippen LogP contribution >= 0.6 is 0 Å². The van der Waals surface area contributed by atoms with E-state index in [4.69, 9.17) is 0 Å². The van der Waals surface area contributed by atoms with Crippen LogP contribution in [0.4, 0.5) is 0 Å². The molecule has 0 atom stereocenters. The molecule has 0 saturated carbocycles. The summed E-state index contributed by atoms with van der Waals surface area (Å²) in [5.41, 5.74) is 17.0. The molecule has 0 amide bonds. The van der Waals surface area contributed by atoms with Crippen molar-refractivity contribution in [2.45, 2.75) is 12.8 Å². The van der Waals surface area contributed by atoms with E-state index in [9.17, 15) is 0 Å². The third kappa shape index (κ3) is 5.41. The maximum absolute atomic E-state index is 2.43. The van der Waals surface area contributed by atoms with Crippen molar-refractivity contribution in [1.29, 1.82) is 0 Å². The normalized spacial score (nSPS) is 12.9. The lowest BCUT2D eigenvalue weighted by Crippen LogP contribution is -1.97. The molecule has 2 aromatic heterocycles. The maximum atomic E-state index is 2.43. The molecule has 10 aromatic rings. The molecule has 0 aliphatic heterocycles. The van der Waals surface area contributed by atoms with Gasteiger partial charge in [0, 0.05) is 32.9 Å². The average Bonchev–Trinajstić information content (AvgIpc) is 3.79. The fourth-order valence-corrected chi connectivity index (χ4v) is 8.84. The molecule has 1 aliphatic carbocycles. The Balaban J connectivity index is 0.965. The predicted molar refractivity (Wildman–Crippen MR) is 238 cm³/mol. The highest BCUT2D eigenvalue weighted by molar-refractivity contribution is 6.12. The molecule has 1 aliphatic rings. The molecule has 0 bridgehead atoms. The number of allylic oxidation sites excluding steroid dienone is 4. The van der Waals surface area contributed by atoms with Crippen LogP contribution in [0, 0.1) is 0 Å². The third-order valence-corrected chi connectivity index (χ3v) is 11.5. The molecule has 0 saturated heterocycles. The van der Waals surface area contributed by atoms with E-state index in [0.29, 0.717) is 0 Å². The van der Waals surface area contributed by atoms with Crippen molar-refractivity contribution in [3.63, 3.8) is 0 Å². The van der Waals surface area contributed by atoms with Crippen LogP contribution in [0.25, 0.3) is 93.9 Å². The van der Waals surface area contributed by atoms with E-state index >= 15 is 0 Å². The number of benzene rings is 8. The first kappa shape index (κ1) is 32.3. The first-order valence-electron chi connectivity index (χ1n) is 19.6. The molecule has 8 aromatic carbocycles. The third-order valence-electron chi connectivity index (χ3n) is 11.5. The minimum Gasteiger partial charge on any atom is -0.309 e. The first-order chi connectivity index (χ1) is 27.8. The summed E-state index contributed by atoms with van der Waals surface area (Å²) in [5, 5.41) is 5.04. The molecule has 264 valence electrons. The van der Waals surface area contributed by atoms with Gasteiger partial charge in [-0.15, -0.1) is 0 Å². The molecule has 2 nitrogen and oxygen atoms in total.